The van der Waals surface area contributed by atoms with Crippen LogP contribution in [-0.2, 0) is 10.0 Å². The summed E-state index contributed by atoms with van der Waals surface area (Å²) < 4.78 is 29.6. The van der Waals surface area contributed by atoms with Crippen molar-refractivity contribution in [1.82, 2.24) is 15.4 Å². The minimum atomic E-state index is -3.75. The minimum Gasteiger partial charge on any atom is -0.374 e. The highest BCUT2D eigenvalue weighted by molar-refractivity contribution is 7.94. The van der Waals surface area contributed by atoms with Crippen LogP contribution in [0.4, 0.5) is 10.8 Å². The second-order valence-electron chi connectivity index (χ2n) is 2.42. The molecule has 0 radical (unpaired) electrons. The van der Waals surface area contributed by atoms with Gasteiger partial charge in [-0.1, -0.05) is 16.5 Å². The van der Waals surface area contributed by atoms with E-state index in [1.54, 1.807) is 0 Å². The molecule has 8 nitrogen and oxygen atoms in total. The van der Waals surface area contributed by atoms with Gasteiger partial charge in [-0.3, -0.25) is 4.72 Å². The van der Waals surface area contributed by atoms with Crippen LogP contribution in [0.2, 0.25) is 0 Å². The molecule has 0 fully saturated rings. The normalized spacial score (nSPS) is 11.5. The molecular weight excluding hydrogens is 242 g/mol. The van der Waals surface area contributed by atoms with Gasteiger partial charge in [0.05, 0.1) is 6.20 Å². The quantitative estimate of drug-likeness (QED) is 0.776. The Morgan fingerprint density at radius 1 is 1.47 bits per heavy atom. The maximum atomic E-state index is 11.6. The third-order valence-corrected chi connectivity index (χ3v) is 3.84. The fraction of sp³-hybridized carbons (Fsp3) is 0. The summed E-state index contributed by atoms with van der Waals surface area (Å²) in [6, 6.07) is 0. The Labute approximate surface area is 88.2 Å². The van der Waals surface area contributed by atoms with Crippen LogP contribution in [0.5, 0.6) is 0 Å². The lowest BCUT2D eigenvalue weighted by atomic mass is 10.6. The van der Waals surface area contributed by atoms with E-state index in [9.17, 15) is 8.42 Å². The highest BCUT2D eigenvalue weighted by atomic mass is 32.2. The molecule has 0 aliphatic rings. The van der Waals surface area contributed by atoms with Crippen molar-refractivity contribution in [2.24, 2.45) is 0 Å². The predicted octanol–water partition coefficient (Wildman–Crippen LogP) is -0.0909. The van der Waals surface area contributed by atoms with Gasteiger partial charge in [0.25, 0.3) is 14.4 Å². The van der Waals surface area contributed by atoms with Crippen LogP contribution in [0, 0.1) is 0 Å². The lowest BCUT2D eigenvalue weighted by molar-refractivity contribution is 0.420. The Hall–Kier alpha value is -1.68. The van der Waals surface area contributed by atoms with E-state index in [-0.39, 0.29) is 15.2 Å². The molecule has 0 aliphatic heterocycles. The molecule has 2 rings (SSSR count). The number of sulfonamides is 1. The number of aromatic nitrogens is 3. The second kappa shape index (κ2) is 3.47. The Balaban J connectivity index is 2.28. The fourth-order valence-electron chi connectivity index (χ4n) is 0.783. The largest absolute Gasteiger partial charge is 0.374 e. The van der Waals surface area contributed by atoms with E-state index in [1.807, 2.05) is 0 Å². The van der Waals surface area contributed by atoms with Crippen molar-refractivity contribution in [1.29, 1.82) is 0 Å². The van der Waals surface area contributed by atoms with Gasteiger partial charge in [-0.15, -0.1) is 10.2 Å². The first kappa shape index (κ1) is 9.86. The molecule has 0 atom stereocenters. The van der Waals surface area contributed by atoms with Crippen LogP contribution >= 0.6 is 11.3 Å². The lowest BCUT2D eigenvalue weighted by Crippen LogP contribution is -2.12. The zero-order valence-corrected chi connectivity index (χ0v) is 8.75. The average Bonchev–Trinajstić information content (AvgIpc) is 2.75. The molecule has 0 unspecified atom stereocenters. The van der Waals surface area contributed by atoms with Gasteiger partial charge >= 0.3 is 0 Å². The first-order chi connectivity index (χ1) is 7.08. The highest BCUT2D eigenvalue weighted by Gasteiger charge is 2.20. The van der Waals surface area contributed by atoms with E-state index in [1.165, 1.54) is 6.20 Å². The standard InChI is InChI=1S/C5H5N5O3S2/c6-4-8-9-5(14-4)15(11,12)10-3-1-7-13-2-3/h1-2,10H,(H2,6,8). The number of anilines is 2. The lowest BCUT2D eigenvalue weighted by Gasteiger charge is -1.99. The second-order valence-corrected chi connectivity index (χ2v) is 5.29. The number of hydrogen-bond acceptors (Lipinski definition) is 8. The summed E-state index contributed by atoms with van der Waals surface area (Å²) in [4.78, 5) is 0. The van der Waals surface area contributed by atoms with Crippen LogP contribution in [0.25, 0.3) is 0 Å². The summed E-state index contributed by atoms with van der Waals surface area (Å²) in [5.74, 6) is 0. The third-order valence-electron chi connectivity index (χ3n) is 1.34. The Kier molecular flexibility index (Phi) is 2.28. The average molecular weight is 247 g/mol. The van der Waals surface area contributed by atoms with Crippen molar-refractivity contribution in [3.63, 3.8) is 0 Å². The number of hydrogen-bond donors (Lipinski definition) is 2. The molecule has 15 heavy (non-hydrogen) atoms. The Bertz CT molecular complexity index is 545. The molecule has 2 aromatic heterocycles. The van der Waals surface area contributed by atoms with E-state index in [4.69, 9.17) is 5.73 Å². The zero-order valence-electron chi connectivity index (χ0n) is 7.11. The molecule has 0 saturated heterocycles. The van der Waals surface area contributed by atoms with E-state index in [0.29, 0.717) is 0 Å². The maximum absolute atomic E-state index is 11.6. The summed E-state index contributed by atoms with van der Waals surface area (Å²) in [5.41, 5.74) is 5.48. The molecule has 0 aromatic carbocycles. The van der Waals surface area contributed by atoms with Gasteiger partial charge in [-0.25, -0.2) is 0 Å². The number of nitrogens with two attached hydrogens (primary N) is 1. The smallest absolute Gasteiger partial charge is 0.291 e. The van der Waals surface area contributed by atoms with E-state index >= 15 is 0 Å². The predicted molar refractivity (Wildman–Crippen MR) is 51.6 cm³/mol. The number of nitrogens with zero attached hydrogens (tertiary/aromatic N) is 3. The van der Waals surface area contributed by atoms with Crippen molar-refractivity contribution in [3.05, 3.63) is 12.5 Å². The molecule has 2 aromatic rings. The van der Waals surface area contributed by atoms with Gasteiger partial charge in [0, 0.05) is 0 Å². The summed E-state index contributed by atoms with van der Waals surface area (Å²) in [6.45, 7) is 0. The zero-order chi connectivity index (χ0) is 10.9. The summed E-state index contributed by atoms with van der Waals surface area (Å²) in [6.07, 6.45) is 2.38. The van der Waals surface area contributed by atoms with Gasteiger partial charge in [0.1, 0.15) is 12.0 Å². The molecule has 3 N–H and O–H groups in total. The number of nitrogens with one attached hydrogen (secondary N) is 1. The van der Waals surface area contributed by atoms with Crippen molar-refractivity contribution in [3.8, 4) is 0 Å². The van der Waals surface area contributed by atoms with Gasteiger partial charge in [0.2, 0.25) is 5.13 Å². The van der Waals surface area contributed by atoms with Crippen LogP contribution in [0.3, 0.4) is 0 Å². The van der Waals surface area contributed by atoms with Gasteiger partial charge in [-0.2, -0.15) is 8.42 Å². The Morgan fingerprint density at radius 2 is 2.27 bits per heavy atom. The third kappa shape index (κ3) is 2.05. The van der Waals surface area contributed by atoms with Crippen LogP contribution in [0.1, 0.15) is 0 Å². The van der Waals surface area contributed by atoms with Crippen LogP contribution in [-0.4, -0.2) is 23.8 Å². The van der Waals surface area contributed by atoms with Gasteiger partial charge in [-0.05, 0) is 0 Å². The van der Waals surface area contributed by atoms with Crippen molar-refractivity contribution in [2.45, 2.75) is 4.34 Å². The summed E-state index contributed by atoms with van der Waals surface area (Å²) in [7, 11) is -3.75. The van der Waals surface area contributed by atoms with Crippen molar-refractivity contribution < 1.29 is 12.9 Å². The number of rotatable bonds is 3. The fourth-order valence-corrected chi connectivity index (χ4v) is 2.59. The van der Waals surface area contributed by atoms with E-state index < -0.39 is 10.0 Å². The van der Waals surface area contributed by atoms with Gasteiger partial charge < -0.3 is 10.3 Å². The van der Waals surface area contributed by atoms with Crippen LogP contribution < -0.4 is 10.5 Å². The topological polar surface area (TPSA) is 124 Å². The SMILES string of the molecule is Nc1nnc(S(=O)(=O)Nc2cnoc2)s1. The summed E-state index contributed by atoms with van der Waals surface area (Å²) >= 11 is 0.771. The van der Waals surface area contributed by atoms with Crippen molar-refractivity contribution >= 4 is 32.2 Å². The summed E-state index contributed by atoms with van der Waals surface area (Å²) in [5, 5.41) is 10.2. The maximum Gasteiger partial charge on any atom is 0.291 e. The molecule has 2 heterocycles. The van der Waals surface area contributed by atoms with E-state index in [0.717, 1.165) is 17.6 Å². The van der Waals surface area contributed by atoms with Gasteiger partial charge in [0.15, 0.2) is 0 Å². The van der Waals surface area contributed by atoms with Crippen LogP contribution in [0.15, 0.2) is 21.3 Å². The minimum absolute atomic E-state index is 0.0840. The molecule has 0 spiro atoms. The molecule has 0 saturated carbocycles. The molecule has 0 amide bonds. The first-order valence-corrected chi connectivity index (χ1v) is 5.89. The molecule has 80 valence electrons. The molecular formula is C5H5N5O3S2. The monoisotopic (exact) mass is 247 g/mol. The first-order valence-electron chi connectivity index (χ1n) is 3.59. The number of nitrogen functional groups attached to an aromatic ring is 1. The molecule has 0 aliphatic carbocycles. The van der Waals surface area contributed by atoms with Crippen molar-refractivity contribution in [2.75, 3.05) is 10.5 Å². The Morgan fingerprint density at radius 3 is 2.80 bits per heavy atom. The molecule has 10 heteroatoms. The van der Waals surface area contributed by atoms with E-state index in [2.05, 4.69) is 24.6 Å². The highest BCUT2D eigenvalue weighted by Crippen LogP contribution is 2.19. The molecule has 0 bridgehead atoms.